The number of halogens is 2. The molecule has 0 aliphatic carbocycles. The monoisotopic (exact) mass is 334 g/mol. The number of hydrogen-bond donors (Lipinski definition) is 0. The average Bonchev–Trinajstić information content (AvgIpc) is 2.40. The van der Waals surface area contributed by atoms with Gasteiger partial charge >= 0.3 is 0 Å². The minimum atomic E-state index is -0.370. The molecule has 1 nitrogen and oxygen atoms in total. The van der Waals surface area contributed by atoms with Crippen LogP contribution in [0, 0.1) is 5.82 Å². The second-order valence-electron chi connectivity index (χ2n) is 5.75. The molecule has 3 heteroatoms. The van der Waals surface area contributed by atoms with Crippen molar-refractivity contribution < 1.29 is 9.18 Å². The Morgan fingerprint density at radius 1 is 1.10 bits per heavy atom. The molecule has 0 amide bonds. The summed E-state index contributed by atoms with van der Waals surface area (Å²) in [7, 11) is 0. The topological polar surface area (TPSA) is 17.1 Å². The highest BCUT2D eigenvalue weighted by atomic mass is 79.9. The first-order chi connectivity index (χ1) is 9.30. The molecular weight excluding hydrogens is 319 g/mol. The van der Waals surface area contributed by atoms with E-state index in [9.17, 15) is 9.18 Å². The van der Waals surface area contributed by atoms with Crippen molar-refractivity contribution in [1.29, 1.82) is 0 Å². The molecule has 20 heavy (non-hydrogen) atoms. The highest BCUT2D eigenvalue weighted by Crippen LogP contribution is 2.28. The van der Waals surface area contributed by atoms with Crippen molar-refractivity contribution in [1.82, 2.24) is 0 Å². The Balaban J connectivity index is 2.51. The molecular formula is C17H16BrFO. The number of rotatable bonds is 2. The van der Waals surface area contributed by atoms with Crippen LogP contribution in [0.1, 0.15) is 42.3 Å². The first-order valence-electron chi connectivity index (χ1n) is 6.40. The molecule has 0 bridgehead atoms. The zero-order valence-electron chi connectivity index (χ0n) is 11.7. The van der Waals surface area contributed by atoms with Gasteiger partial charge in [-0.05, 0) is 45.1 Å². The molecule has 0 unspecified atom stereocenters. The minimum absolute atomic E-state index is 0.0868. The highest BCUT2D eigenvalue weighted by Gasteiger charge is 2.22. The third-order valence-corrected chi connectivity index (χ3v) is 3.77. The van der Waals surface area contributed by atoms with Gasteiger partial charge < -0.3 is 0 Å². The van der Waals surface area contributed by atoms with Crippen LogP contribution in [0.25, 0.3) is 0 Å². The standard InChI is InChI=1S/C17H16BrFO/c1-17(2,3)13-7-5-4-6-12(13)16(20)11-8-9-15(19)14(18)10-11/h4-10H,1-3H3. The fourth-order valence-electron chi connectivity index (χ4n) is 2.13. The summed E-state index contributed by atoms with van der Waals surface area (Å²) in [6.45, 7) is 6.21. The Morgan fingerprint density at radius 3 is 2.35 bits per heavy atom. The molecule has 2 aromatic rings. The predicted molar refractivity (Wildman–Crippen MR) is 82.7 cm³/mol. The van der Waals surface area contributed by atoms with E-state index in [0.717, 1.165) is 5.56 Å². The summed E-state index contributed by atoms with van der Waals surface area (Å²) in [5, 5.41) is 0. The van der Waals surface area contributed by atoms with Crippen LogP contribution in [0.2, 0.25) is 0 Å². The summed E-state index contributed by atoms with van der Waals surface area (Å²) >= 11 is 3.12. The van der Waals surface area contributed by atoms with E-state index in [1.165, 1.54) is 18.2 Å². The lowest BCUT2D eigenvalue weighted by atomic mass is 9.82. The van der Waals surface area contributed by atoms with Crippen LogP contribution in [-0.4, -0.2) is 5.78 Å². The van der Waals surface area contributed by atoms with Gasteiger partial charge in [-0.2, -0.15) is 0 Å². The van der Waals surface area contributed by atoms with E-state index < -0.39 is 0 Å². The number of benzene rings is 2. The van der Waals surface area contributed by atoms with Gasteiger partial charge in [0.25, 0.3) is 0 Å². The van der Waals surface area contributed by atoms with Gasteiger partial charge in [-0.15, -0.1) is 0 Å². The van der Waals surface area contributed by atoms with Crippen molar-refractivity contribution in [3.63, 3.8) is 0 Å². The van der Waals surface area contributed by atoms with E-state index in [4.69, 9.17) is 0 Å². The van der Waals surface area contributed by atoms with Crippen molar-refractivity contribution in [3.05, 3.63) is 69.4 Å². The summed E-state index contributed by atoms with van der Waals surface area (Å²) in [6.07, 6.45) is 0. The minimum Gasteiger partial charge on any atom is -0.289 e. The predicted octanol–water partition coefficient (Wildman–Crippen LogP) is 5.12. The maximum Gasteiger partial charge on any atom is 0.193 e. The van der Waals surface area contributed by atoms with Gasteiger partial charge in [0, 0.05) is 11.1 Å². The molecule has 0 saturated heterocycles. The SMILES string of the molecule is CC(C)(C)c1ccccc1C(=O)c1ccc(F)c(Br)c1. The number of carbonyl (C=O) groups excluding carboxylic acids is 1. The zero-order valence-corrected chi connectivity index (χ0v) is 13.3. The van der Waals surface area contributed by atoms with Crippen molar-refractivity contribution >= 4 is 21.7 Å². The molecule has 0 spiro atoms. The number of ketones is 1. The Morgan fingerprint density at radius 2 is 1.75 bits per heavy atom. The van der Waals surface area contributed by atoms with Gasteiger partial charge in [0.05, 0.1) is 4.47 Å². The molecule has 0 aliphatic heterocycles. The highest BCUT2D eigenvalue weighted by molar-refractivity contribution is 9.10. The molecule has 0 heterocycles. The molecule has 2 aromatic carbocycles. The van der Waals surface area contributed by atoms with Crippen LogP contribution in [0.15, 0.2) is 46.9 Å². The van der Waals surface area contributed by atoms with Gasteiger partial charge in [-0.1, -0.05) is 45.0 Å². The summed E-state index contributed by atoms with van der Waals surface area (Å²) in [5.41, 5.74) is 2.02. The van der Waals surface area contributed by atoms with Crippen LogP contribution in [0.4, 0.5) is 4.39 Å². The molecule has 0 radical (unpaired) electrons. The van der Waals surface area contributed by atoms with Gasteiger partial charge in [-0.3, -0.25) is 4.79 Å². The van der Waals surface area contributed by atoms with Gasteiger partial charge in [-0.25, -0.2) is 4.39 Å². The third-order valence-electron chi connectivity index (χ3n) is 3.16. The second kappa shape index (κ2) is 5.49. The van der Waals surface area contributed by atoms with Crippen molar-refractivity contribution in [2.45, 2.75) is 26.2 Å². The Bertz CT molecular complexity index is 656. The van der Waals surface area contributed by atoms with E-state index in [1.807, 2.05) is 24.3 Å². The zero-order chi connectivity index (χ0) is 14.9. The maximum atomic E-state index is 13.3. The molecule has 0 fully saturated rings. The molecule has 0 saturated carbocycles. The van der Waals surface area contributed by atoms with E-state index in [1.54, 1.807) is 0 Å². The Hall–Kier alpha value is -1.48. The molecule has 104 valence electrons. The van der Waals surface area contributed by atoms with E-state index in [2.05, 4.69) is 36.7 Å². The van der Waals surface area contributed by atoms with E-state index in [0.29, 0.717) is 15.6 Å². The van der Waals surface area contributed by atoms with E-state index >= 15 is 0 Å². The van der Waals surface area contributed by atoms with Gasteiger partial charge in [0.1, 0.15) is 5.82 Å². The fraction of sp³-hybridized carbons (Fsp3) is 0.235. The van der Waals surface area contributed by atoms with Crippen molar-refractivity contribution in [3.8, 4) is 0 Å². The molecule has 0 aliphatic rings. The van der Waals surface area contributed by atoms with Crippen LogP contribution >= 0.6 is 15.9 Å². The molecule has 2 rings (SSSR count). The van der Waals surface area contributed by atoms with Crippen LogP contribution in [-0.2, 0) is 5.41 Å². The molecule has 0 atom stereocenters. The maximum absolute atomic E-state index is 13.3. The fourth-order valence-corrected chi connectivity index (χ4v) is 2.51. The lowest BCUT2D eigenvalue weighted by molar-refractivity contribution is 0.103. The van der Waals surface area contributed by atoms with Crippen LogP contribution in [0.3, 0.4) is 0 Å². The molecule has 0 aromatic heterocycles. The smallest absolute Gasteiger partial charge is 0.193 e. The number of hydrogen-bond acceptors (Lipinski definition) is 1. The lowest BCUT2D eigenvalue weighted by Crippen LogP contribution is -2.17. The summed E-state index contributed by atoms with van der Waals surface area (Å²) in [5.74, 6) is -0.457. The second-order valence-corrected chi connectivity index (χ2v) is 6.61. The normalized spacial score (nSPS) is 11.4. The summed E-state index contributed by atoms with van der Waals surface area (Å²) in [4.78, 5) is 12.6. The molecule has 0 N–H and O–H groups in total. The first-order valence-corrected chi connectivity index (χ1v) is 7.19. The van der Waals surface area contributed by atoms with Gasteiger partial charge in [0.15, 0.2) is 5.78 Å². The Labute approximate surface area is 127 Å². The Kier molecular flexibility index (Phi) is 4.09. The third kappa shape index (κ3) is 2.98. The van der Waals surface area contributed by atoms with E-state index in [-0.39, 0.29) is 17.0 Å². The first kappa shape index (κ1) is 14.9. The lowest BCUT2D eigenvalue weighted by Gasteiger charge is -2.22. The van der Waals surface area contributed by atoms with Crippen molar-refractivity contribution in [2.75, 3.05) is 0 Å². The van der Waals surface area contributed by atoms with Gasteiger partial charge in [0.2, 0.25) is 0 Å². The largest absolute Gasteiger partial charge is 0.289 e. The van der Waals surface area contributed by atoms with Crippen molar-refractivity contribution in [2.24, 2.45) is 0 Å². The number of carbonyl (C=O) groups is 1. The summed E-state index contributed by atoms with van der Waals surface area (Å²) in [6, 6.07) is 11.9. The van der Waals surface area contributed by atoms with Crippen LogP contribution in [0.5, 0.6) is 0 Å². The van der Waals surface area contributed by atoms with Crippen LogP contribution < -0.4 is 0 Å². The quantitative estimate of drug-likeness (QED) is 0.697. The summed E-state index contributed by atoms with van der Waals surface area (Å²) < 4.78 is 13.6. The average molecular weight is 335 g/mol.